The first kappa shape index (κ1) is 17.0. The van der Waals surface area contributed by atoms with E-state index in [1.807, 2.05) is 0 Å². The molecule has 1 aromatic rings. The quantitative estimate of drug-likeness (QED) is 0.612. The lowest BCUT2D eigenvalue weighted by molar-refractivity contribution is -0.150. The van der Waals surface area contributed by atoms with Crippen LogP contribution < -0.4 is 4.90 Å². The maximum atomic E-state index is 12.6. The fourth-order valence-corrected chi connectivity index (χ4v) is 3.19. The van der Waals surface area contributed by atoms with Gasteiger partial charge in [0, 0.05) is 0 Å². The molecule has 6 nitrogen and oxygen atoms in total. The van der Waals surface area contributed by atoms with Crippen molar-refractivity contribution < 1.29 is 32.3 Å². The molecule has 3 atom stereocenters. The molecule has 130 valence electrons. The van der Waals surface area contributed by atoms with E-state index < -0.39 is 46.8 Å². The second kappa shape index (κ2) is 5.31. The molecule has 0 aromatic heterocycles. The third-order valence-corrected chi connectivity index (χ3v) is 4.43. The number of piperidine rings is 1. The summed E-state index contributed by atoms with van der Waals surface area (Å²) in [6, 6.07) is 5.22. The summed E-state index contributed by atoms with van der Waals surface area (Å²) in [5, 5.41) is 9.28. The molecule has 9 heteroatoms. The molecule has 1 aliphatic carbocycles. The predicted octanol–water partition coefficient (Wildman–Crippen LogP) is 1.90. The summed E-state index contributed by atoms with van der Waals surface area (Å²) in [5.74, 6) is -4.83. The van der Waals surface area contributed by atoms with Gasteiger partial charge in [0.2, 0.25) is 11.8 Å². The van der Waals surface area contributed by atoms with Crippen LogP contribution in [0.25, 0.3) is 0 Å². The molecular weight excluding hydrogens is 341 g/mol. The van der Waals surface area contributed by atoms with E-state index in [0.29, 0.717) is 4.90 Å². The number of hydrogen-bond donors (Lipinski definition) is 0. The number of halogens is 3. The Balaban J connectivity index is 1.88. The number of esters is 1. The summed E-state index contributed by atoms with van der Waals surface area (Å²) in [6.07, 6.45) is -4.54. The van der Waals surface area contributed by atoms with E-state index in [1.54, 1.807) is 6.07 Å². The Morgan fingerprint density at radius 2 is 1.76 bits per heavy atom. The minimum absolute atomic E-state index is 0.00724. The molecule has 1 saturated heterocycles. The largest absolute Gasteiger partial charge is 0.465 e. The lowest BCUT2D eigenvalue weighted by atomic mass is 10.0. The molecule has 0 spiro atoms. The van der Waals surface area contributed by atoms with Crippen molar-refractivity contribution in [2.24, 2.45) is 17.3 Å². The maximum Gasteiger partial charge on any atom is 0.416 e. The topological polar surface area (TPSA) is 87.5 Å². The van der Waals surface area contributed by atoms with E-state index in [1.165, 1.54) is 6.92 Å². The van der Waals surface area contributed by atoms with Crippen LogP contribution in [0.3, 0.4) is 0 Å². The number of hydrogen-bond acceptors (Lipinski definition) is 5. The molecule has 3 rings (SSSR count). The number of amides is 2. The number of carbonyl (C=O) groups excluding carboxylic acids is 3. The second-order valence-corrected chi connectivity index (χ2v) is 5.71. The number of fused-ring (bicyclic) bond motifs is 1. The highest BCUT2D eigenvalue weighted by Crippen LogP contribution is 2.64. The second-order valence-electron chi connectivity index (χ2n) is 5.71. The van der Waals surface area contributed by atoms with Crippen LogP contribution in [0.5, 0.6) is 0 Å². The van der Waals surface area contributed by atoms with E-state index >= 15 is 0 Å². The molecule has 1 unspecified atom stereocenters. The highest BCUT2D eigenvalue weighted by molar-refractivity contribution is 6.29. The molecule has 0 N–H and O–H groups in total. The lowest BCUT2D eigenvalue weighted by Crippen LogP contribution is -2.40. The maximum absolute atomic E-state index is 12.6. The van der Waals surface area contributed by atoms with Crippen molar-refractivity contribution >= 4 is 23.5 Å². The van der Waals surface area contributed by atoms with Gasteiger partial charge in [-0.3, -0.25) is 14.4 Å². The first-order valence-electron chi connectivity index (χ1n) is 7.33. The van der Waals surface area contributed by atoms with Crippen molar-refractivity contribution in [3.8, 4) is 6.07 Å². The first-order valence-corrected chi connectivity index (χ1v) is 7.33. The highest BCUT2D eigenvalue weighted by atomic mass is 19.4. The number of nitrogens with zero attached hydrogens (tertiary/aromatic N) is 2. The van der Waals surface area contributed by atoms with Gasteiger partial charge in [-0.15, -0.1) is 0 Å². The zero-order valence-electron chi connectivity index (χ0n) is 12.8. The Labute approximate surface area is 139 Å². The zero-order valence-corrected chi connectivity index (χ0v) is 12.8. The summed E-state index contributed by atoms with van der Waals surface area (Å²) >= 11 is 0. The SMILES string of the molecule is CCOC(=O)C1(C#N)[C@@H]2C(=O)N(c3ccc(C(F)(F)F)cc3)C(=O)[C@@H]21. The van der Waals surface area contributed by atoms with Gasteiger partial charge in [0.25, 0.3) is 0 Å². The standard InChI is InChI=1S/C16H11F3N2O4/c1-2-25-14(24)15(7-20)10-11(15)13(23)21(12(10)22)9-5-3-8(4-6-9)16(17,18)19/h3-6,10-11H,2H2,1H3/t10-,11+,15?. The van der Waals surface area contributed by atoms with Gasteiger partial charge >= 0.3 is 12.1 Å². The van der Waals surface area contributed by atoms with Crippen molar-refractivity contribution in [3.05, 3.63) is 29.8 Å². The predicted molar refractivity (Wildman–Crippen MR) is 75.6 cm³/mol. The van der Waals surface area contributed by atoms with Crippen LogP contribution in [0.1, 0.15) is 12.5 Å². The monoisotopic (exact) mass is 352 g/mol. The molecule has 0 radical (unpaired) electrons. The van der Waals surface area contributed by atoms with Gasteiger partial charge in [-0.05, 0) is 31.2 Å². The number of carbonyl (C=O) groups is 3. The number of nitriles is 1. The number of anilines is 1. The van der Waals surface area contributed by atoms with Gasteiger partial charge in [0.1, 0.15) is 0 Å². The van der Waals surface area contributed by atoms with Crippen molar-refractivity contribution in [2.75, 3.05) is 11.5 Å². The summed E-state index contributed by atoms with van der Waals surface area (Å²) in [7, 11) is 0. The summed E-state index contributed by atoms with van der Waals surface area (Å²) in [4.78, 5) is 37.6. The number of ether oxygens (including phenoxy) is 1. The molecule has 2 aliphatic rings. The van der Waals surface area contributed by atoms with Crippen LogP contribution in [-0.4, -0.2) is 24.4 Å². The van der Waals surface area contributed by atoms with E-state index in [0.717, 1.165) is 24.3 Å². The zero-order chi connectivity index (χ0) is 18.6. The Morgan fingerprint density at radius 3 is 2.16 bits per heavy atom. The number of rotatable bonds is 3. The summed E-state index contributed by atoms with van der Waals surface area (Å²) in [5.41, 5.74) is -2.78. The number of imide groups is 1. The molecule has 25 heavy (non-hydrogen) atoms. The number of benzene rings is 1. The molecule has 1 heterocycles. The first-order chi connectivity index (χ1) is 11.7. The van der Waals surface area contributed by atoms with E-state index in [2.05, 4.69) is 0 Å². The number of alkyl halides is 3. The molecule has 2 amide bonds. The fraction of sp³-hybridized carbons (Fsp3) is 0.375. The van der Waals surface area contributed by atoms with Crippen molar-refractivity contribution in [3.63, 3.8) is 0 Å². The molecule has 2 fully saturated rings. The molecule has 1 aromatic carbocycles. The van der Waals surface area contributed by atoms with Gasteiger partial charge in [-0.2, -0.15) is 18.4 Å². The summed E-state index contributed by atoms with van der Waals surface area (Å²) in [6.45, 7) is 1.52. The van der Waals surface area contributed by atoms with Crippen LogP contribution in [0, 0.1) is 28.6 Å². The van der Waals surface area contributed by atoms with Crippen LogP contribution in [0.2, 0.25) is 0 Å². The molecular formula is C16H11F3N2O4. The van der Waals surface area contributed by atoms with E-state index in [9.17, 15) is 32.8 Å². The Bertz CT molecular complexity index is 788. The lowest BCUT2D eigenvalue weighted by Gasteiger charge is -2.21. The average Bonchev–Trinajstić information content (AvgIpc) is 3.17. The fourth-order valence-electron chi connectivity index (χ4n) is 3.19. The minimum Gasteiger partial charge on any atom is -0.465 e. The van der Waals surface area contributed by atoms with Crippen LogP contribution in [-0.2, 0) is 25.3 Å². The van der Waals surface area contributed by atoms with Gasteiger partial charge in [0.05, 0.1) is 35.8 Å². The van der Waals surface area contributed by atoms with Gasteiger partial charge in [-0.1, -0.05) is 0 Å². The van der Waals surface area contributed by atoms with Crippen LogP contribution in [0.4, 0.5) is 18.9 Å². The average molecular weight is 352 g/mol. The van der Waals surface area contributed by atoms with Crippen LogP contribution >= 0.6 is 0 Å². The molecule has 1 saturated carbocycles. The van der Waals surface area contributed by atoms with Gasteiger partial charge in [0.15, 0.2) is 5.41 Å². The molecule has 0 bridgehead atoms. The third kappa shape index (κ3) is 2.21. The Kier molecular flexibility index (Phi) is 3.60. The smallest absolute Gasteiger partial charge is 0.416 e. The van der Waals surface area contributed by atoms with E-state index in [-0.39, 0.29) is 12.3 Å². The van der Waals surface area contributed by atoms with Gasteiger partial charge < -0.3 is 4.74 Å². The van der Waals surface area contributed by atoms with E-state index in [4.69, 9.17) is 4.74 Å². The van der Waals surface area contributed by atoms with Crippen molar-refractivity contribution in [2.45, 2.75) is 13.1 Å². The summed E-state index contributed by atoms with van der Waals surface area (Å²) < 4.78 is 42.6. The highest BCUT2D eigenvalue weighted by Gasteiger charge is 2.83. The normalized spacial score (nSPS) is 27.7. The minimum atomic E-state index is -4.54. The molecule has 1 aliphatic heterocycles. The van der Waals surface area contributed by atoms with Gasteiger partial charge in [-0.25, -0.2) is 4.90 Å². The van der Waals surface area contributed by atoms with Crippen molar-refractivity contribution in [1.29, 1.82) is 5.26 Å². The van der Waals surface area contributed by atoms with Crippen LogP contribution in [0.15, 0.2) is 24.3 Å². The Hall–Kier alpha value is -2.89. The third-order valence-electron chi connectivity index (χ3n) is 4.43. The van der Waals surface area contributed by atoms with Crippen molar-refractivity contribution in [1.82, 2.24) is 0 Å². The Morgan fingerprint density at radius 1 is 1.24 bits per heavy atom.